The lowest BCUT2D eigenvalue weighted by Crippen LogP contribution is -2.44. The van der Waals surface area contributed by atoms with E-state index in [0.717, 1.165) is 25.7 Å². The largest absolute Gasteiger partial charge is 0.461 e. The fourth-order valence-corrected chi connectivity index (χ4v) is 2.07. The van der Waals surface area contributed by atoms with Crippen LogP contribution in [0.25, 0.3) is 0 Å². The summed E-state index contributed by atoms with van der Waals surface area (Å²) >= 11 is 0. The molecule has 0 aliphatic heterocycles. The summed E-state index contributed by atoms with van der Waals surface area (Å²) in [6.07, 6.45) is 3.74. The van der Waals surface area contributed by atoms with E-state index in [2.05, 4.69) is 19.2 Å². The Morgan fingerprint density at radius 2 is 1.83 bits per heavy atom. The van der Waals surface area contributed by atoms with Crippen LogP contribution in [-0.4, -0.2) is 24.0 Å². The molecule has 0 spiro atoms. The molecule has 0 radical (unpaired) electrons. The van der Waals surface area contributed by atoms with Crippen molar-refractivity contribution in [3.63, 3.8) is 0 Å². The maximum atomic E-state index is 11.8. The van der Waals surface area contributed by atoms with E-state index in [0.29, 0.717) is 5.92 Å². The lowest BCUT2D eigenvalue weighted by atomic mass is 9.84. The normalized spacial score (nSPS) is 18.9. The van der Waals surface area contributed by atoms with Crippen LogP contribution >= 0.6 is 0 Å². The topological polar surface area (TPSA) is 55.4 Å². The Hall–Kier alpha value is -1.06. The molecule has 0 unspecified atom stereocenters. The number of nitrogens with one attached hydrogen (secondary N) is 1. The van der Waals surface area contributed by atoms with Crippen molar-refractivity contribution in [2.24, 2.45) is 11.8 Å². The molecule has 0 heterocycles. The number of rotatable bonds is 6. The van der Waals surface area contributed by atoms with Gasteiger partial charge in [0, 0.05) is 5.92 Å². The number of carbonyl (C=O) groups is 2. The van der Waals surface area contributed by atoms with Crippen molar-refractivity contribution in [3.05, 3.63) is 0 Å². The molecule has 1 aliphatic carbocycles. The van der Waals surface area contributed by atoms with E-state index in [4.69, 9.17) is 4.74 Å². The van der Waals surface area contributed by atoms with Crippen molar-refractivity contribution in [2.75, 3.05) is 0 Å². The summed E-state index contributed by atoms with van der Waals surface area (Å²) in [6.45, 7) is 7.75. The highest BCUT2D eigenvalue weighted by Crippen LogP contribution is 2.26. The van der Waals surface area contributed by atoms with Crippen LogP contribution in [-0.2, 0) is 14.3 Å². The molecule has 1 aliphatic rings. The van der Waals surface area contributed by atoms with Gasteiger partial charge in [-0.2, -0.15) is 0 Å². The van der Waals surface area contributed by atoms with Gasteiger partial charge in [-0.25, -0.2) is 4.79 Å². The Kier molecular flexibility index (Phi) is 5.63. The monoisotopic (exact) mass is 255 g/mol. The second kappa shape index (κ2) is 6.76. The van der Waals surface area contributed by atoms with Crippen LogP contribution < -0.4 is 5.32 Å². The Morgan fingerprint density at radius 1 is 1.22 bits per heavy atom. The van der Waals surface area contributed by atoms with Crippen LogP contribution in [0.5, 0.6) is 0 Å². The zero-order valence-corrected chi connectivity index (χ0v) is 11.9. The zero-order chi connectivity index (χ0) is 13.7. The lowest BCUT2D eigenvalue weighted by molar-refractivity contribution is -0.152. The first-order valence-electron chi connectivity index (χ1n) is 6.91. The standard InChI is InChI=1S/C14H25NO3/c1-9(2)8-10(3)18-14(17)11(4)15-13(16)12-6-5-7-12/h9-12H,5-8H2,1-4H3,(H,15,16)/t10-,11+/m0/s1. The molecule has 1 fully saturated rings. The average molecular weight is 255 g/mol. The minimum atomic E-state index is -0.548. The lowest BCUT2D eigenvalue weighted by Gasteiger charge is -2.26. The van der Waals surface area contributed by atoms with E-state index < -0.39 is 6.04 Å². The number of carbonyl (C=O) groups excluding carboxylic acids is 2. The fourth-order valence-electron chi connectivity index (χ4n) is 2.07. The van der Waals surface area contributed by atoms with Crippen LogP contribution in [0, 0.1) is 11.8 Å². The van der Waals surface area contributed by atoms with Gasteiger partial charge in [0.05, 0.1) is 6.10 Å². The van der Waals surface area contributed by atoms with E-state index in [1.807, 2.05) is 6.92 Å². The first kappa shape index (κ1) is 15.0. The Balaban J connectivity index is 2.29. The summed E-state index contributed by atoms with van der Waals surface area (Å²) in [5.41, 5.74) is 0. The Morgan fingerprint density at radius 3 is 2.28 bits per heavy atom. The molecule has 1 amide bonds. The van der Waals surface area contributed by atoms with Gasteiger partial charge in [0.15, 0.2) is 0 Å². The molecule has 1 saturated carbocycles. The van der Waals surface area contributed by atoms with E-state index in [9.17, 15) is 9.59 Å². The summed E-state index contributed by atoms with van der Waals surface area (Å²) in [5.74, 6) is 0.249. The van der Waals surface area contributed by atoms with Gasteiger partial charge in [0.2, 0.25) is 5.91 Å². The highest BCUT2D eigenvalue weighted by molar-refractivity contribution is 5.85. The van der Waals surface area contributed by atoms with Gasteiger partial charge in [-0.3, -0.25) is 4.79 Å². The highest BCUT2D eigenvalue weighted by atomic mass is 16.5. The van der Waals surface area contributed by atoms with Crippen molar-refractivity contribution < 1.29 is 14.3 Å². The van der Waals surface area contributed by atoms with Gasteiger partial charge in [0.25, 0.3) is 0 Å². The summed E-state index contributed by atoms with van der Waals surface area (Å²) in [7, 11) is 0. The van der Waals surface area contributed by atoms with Gasteiger partial charge >= 0.3 is 5.97 Å². The van der Waals surface area contributed by atoms with Gasteiger partial charge in [0.1, 0.15) is 6.04 Å². The third kappa shape index (κ3) is 4.67. The molecule has 104 valence electrons. The van der Waals surface area contributed by atoms with Crippen LogP contribution in [0.15, 0.2) is 0 Å². The summed E-state index contributed by atoms with van der Waals surface area (Å²) in [4.78, 5) is 23.4. The first-order chi connectivity index (χ1) is 8.40. The average Bonchev–Trinajstić information content (AvgIpc) is 2.12. The van der Waals surface area contributed by atoms with Crippen molar-refractivity contribution >= 4 is 11.9 Å². The molecular formula is C14H25NO3. The molecule has 0 aromatic heterocycles. The van der Waals surface area contributed by atoms with Crippen LogP contribution in [0.1, 0.15) is 53.4 Å². The van der Waals surface area contributed by atoms with Crippen molar-refractivity contribution in [1.82, 2.24) is 5.32 Å². The van der Waals surface area contributed by atoms with Crippen molar-refractivity contribution in [3.8, 4) is 0 Å². The summed E-state index contributed by atoms with van der Waals surface area (Å²) < 4.78 is 5.30. The van der Waals surface area contributed by atoms with E-state index in [-0.39, 0.29) is 23.9 Å². The smallest absolute Gasteiger partial charge is 0.328 e. The maximum absolute atomic E-state index is 11.8. The SMILES string of the molecule is CC(C)C[C@H](C)OC(=O)[C@@H](C)NC(=O)C1CCC1. The molecule has 18 heavy (non-hydrogen) atoms. The number of esters is 1. The molecule has 4 heteroatoms. The molecule has 1 rings (SSSR count). The maximum Gasteiger partial charge on any atom is 0.328 e. The van der Waals surface area contributed by atoms with Gasteiger partial charge in [-0.1, -0.05) is 20.3 Å². The summed E-state index contributed by atoms with van der Waals surface area (Å²) in [6, 6.07) is -0.548. The van der Waals surface area contributed by atoms with E-state index in [1.165, 1.54) is 0 Å². The van der Waals surface area contributed by atoms with Crippen molar-refractivity contribution in [1.29, 1.82) is 0 Å². The Labute approximate surface area is 109 Å². The van der Waals surface area contributed by atoms with E-state index >= 15 is 0 Å². The third-order valence-corrected chi connectivity index (χ3v) is 3.31. The molecule has 0 saturated heterocycles. The molecule has 4 nitrogen and oxygen atoms in total. The molecule has 1 N–H and O–H groups in total. The second-order valence-electron chi connectivity index (χ2n) is 5.74. The quantitative estimate of drug-likeness (QED) is 0.741. The molecule has 0 bridgehead atoms. The summed E-state index contributed by atoms with van der Waals surface area (Å²) in [5, 5.41) is 2.73. The first-order valence-corrected chi connectivity index (χ1v) is 6.91. The van der Waals surface area contributed by atoms with Crippen LogP contribution in [0.3, 0.4) is 0 Å². The minimum Gasteiger partial charge on any atom is -0.461 e. The van der Waals surface area contributed by atoms with E-state index in [1.54, 1.807) is 6.92 Å². The second-order valence-corrected chi connectivity index (χ2v) is 5.74. The van der Waals surface area contributed by atoms with Gasteiger partial charge in [-0.05, 0) is 39.0 Å². The molecule has 0 aromatic rings. The molecule has 2 atom stereocenters. The Bertz CT molecular complexity index is 297. The van der Waals surface area contributed by atoms with Gasteiger partial charge in [-0.15, -0.1) is 0 Å². The third-order valence-electron chi connectivity index (χ3n) is 3.31. The number of hydrogen-bond acceptors (Lipinski definition) is 3. The van der Waals surface area contributed by atoms with Gasteiger partial charge < -0.3 is 10.1 Å². The predicted molar refractivity (Wildman–Crippen MR) is 70.0 cm³/mol. The minimum absolute atomic E-state index is 0.0118. The van der Waals surface area contributed by atoms with Crippen LogP contribution in [0.2, 0.25) is 0 Å². The number of ether oxygens (including phenoxy) is 1. The predicted octanol–water partition coefficient (Wildman–Crippen LogP) is 2.27. The fraction of sp³-hybridized carbons (Fsp3) is 0.857. The number of amides is 1. The van der Waals surface area contributed by atoms with Crippen LogP contribution in [0.4, 0.5) is 0 Å². The zero-order valence-electron chi connectivity index (χ0n) is 11.9. The molecular weight excluding hydrogens is 230 g/mol. The molecule has 0 aromatic carbocycles. The number of hydrogen-bond donors (Lipinski definition) is 1. The van der Waals surface area contributed by atoms with Crippen molar-refractivity contribution in [2.45, 2.75) is 65.5 Å². The highest BCUT2D eigenvalue weighted by Gasteiger charge is 2.28.